The van der Waals surface area contributed by atoms with Gasteiger partial charge in [-0.2, -0.15) is 0 Å². The van der Waals surface area contributed by atoms with Gasteiger partial charge in [-0.05, 0) is 67.1 Å². The van der Waals surface area contributed by atoms with Crippen LogP contribution >= 0.6 is 15.9 Å². The third-order valence-electron chi connectivity index (χ3n) is 6.38. The number of benzene rings is 3. The number of hydrogen-bond acceptors (Lipinski definition) is 3. The number of unbranched alkanes of at least 4 members (excludes halogenated alkanes) is 3. The first kappa shape index (κ1) is 25.2. The van der Waals surface area contributed by atoms with Crippen LogP contribution < -0.4 is 10.3 Å². The van der Waals surface area contributed by atoms with Gasteiger partial charge in [-0.1, -0.05) is 79.0 Å². The number of halogens is 1. The molecule has 0 spiro atoms. The zero-order chi connectivity index (χ0) is 24.8. The molecule has 0 unspecified atom stereocenters. The van der Waals surface area contributed by atoms with Gasteiger partial charge in [-0.25, -0.2) is 4.98 Å². The van der Waals surface area contributed by atoms with Crippen molar-refractivity contribution in [3.8, 4) is 17.1 Å². The Morgan fingerprint density at radius 1 is 0.943 bits per heavy atom. The van der Waals surface area contributed by atoms with E-state index in [1.807, 2.05) is 53.1 Å². The molecule has 0 N–H and O–H groups in total. The maximum absolute atomic E-state index is 13.3. The Kier molecular flexibility index (Phi) is 8.40. The van der Waals surface area contributed by atoms with Gasteiger partial charge in [-0.15, -0.1) is 0 Å². The number of aromatic nitrogens is 2. The highest BCUT2D eigenvalue weighted by molar-refractivity contribution is 9.10. The van der Waals surface area contributed by atoms with Crippen molar-refractivity contribution in [2.24, 2.45) is 0 Å². The van der Waals surface area contributed by atoms with Crippen molar-refractivity contribution >= 4 is 26.8 Å². The number of hydrogen-bond donors (Lipinski definition) is 0. The minimum atomic E-state index is 0.0253. The zero-order valence-corrected chi connectivity index (χ0v) is 22.3. The fourth-order valence-corrected chi connectivity index (χ4v) is 4.50. The predicted molar refractivity (Wildman–Crippen MR) is 148 cm³/mol. The van der Waals surface area contributed by atoms with Crippen LogP contribution in [0.25, 0.3) is 22.3 Å². The molecule has 0 fully saturated rings. The Labute approximate surface area is 216 Å². The summed E-state index contributed by atoms with van der Waals surface area (Å²) in [7, 11) is 0. The fraction of sp³-hybridized carbons (Fsp3) is 0.333. The molecular weight excluding hydrogens is 500 g/mol. The monoisotopic (exact) mass is 532 g/mol. The molecule has 3 aromatic carbocycles. The number of aryl methyl sites for hydroxylation is 1. The summed E-state index contributed by atoms with van der Waals surface area (Å²) in [6.45, 7) is 7.86. The lowest BCUT2D eigenvalue weighted by Crippen LogP contribution is -2.23. The molecule has 4 nitrogen and oxygen atoms in total. The lowest BCUT2D eigenvalue weighted by atomic mass is 10.0. The number of para-hydroxylation sites is 1. The lowest BCUT2D eigenvalue weighted by molar-refractivity contribution is 0.301. The summed E-state index contributed by atoms with van der Waals surface area (Å²) in [5.41, 5.74) is 4.20. The Morgan fingerprint density at radius 2 is 1.69 bits per heavy atom. The molecule has 0 bridgehead atoms. The third-order valence-corrected chi connectivity index (χ3v) is 6.91. The second-order valence-corrected chi connectivity index (χ2v) is 10.3. The van der Waals surface area contributed by atoms with E-state index in [1.54, 1.807) is 0 Å². The molecular formula is C30H33BrN2O2. The second kappa shape index (κ2) is 11.7. The first-order valence-electron chi connectivity index (χ1n) is 12.4. The van der Waals surface area contributed by atoms with E-state index in [-0.39, 0.29) is 5.56 Å². The lowest BCUT2D eigenvalue weighted by Gasteiger charge is -2.14. The maximum Gasteiger partial charge on any atom is 0.261 e. The van der Waals surface area contributed by atoms with E-state index in [4.69, 9.17) is 9.72 Å². The third kappa shape index (κ3) is 6.21. The normalized spacial score (nSPS) is 11.3. The van der Waals surface area contributed by atoms with E-state index in [0.717, 1.165) is 52.8 Å². The van der Waals surface area contributed by atoms with Crippen LogP contribution in [0.1, 0.15) is 56.6 Å². The standard InChI is InChI=1S/C30H33BrN2O2/c1-21(2)24-13-12-22(3)28(20-24)35-19-9-5-4-8-18-33-29(23-14-16-25(31)17-15-23)32-27-11-7-6-10-26(27)30(33)34/h6-7,10-17,20-21H,4-5,8-9,18-19H2,1-3H3. The quantitative estimate of drug-likeness (QED) is 0.195. The molecule has 0 saturated carbocycles. The highest BCUT2D eigenvalue weighted by Gasteiger charge is 2.12. The van der Waals surface area contributed by atoms with Gasteiger partial charge < -0.3 is 4.74 Å². The molecule has 4 rings (SSSR count). The Bertz CT molecular complexity index is 1340. The number of rotatable bonds is 10. The summed E-state index contributed by atoms with van der Waals surface area (Å²) in [6.07, 6.45) is 4.01. The van der Waals surface area contributed by atoms with E-state index in [0.29, 0.717) is 24.5 Å². The molecule has 0 aliphatic rings. The number of nitrogens with zero attached hydrogens (tertiary/aromatic N) is 2. The van der Waals surface area contributed by atoms with Crippen LogP contribution in [-0.4, -0.2) is 16.2 Å². The minimum Gasteiger partial charge on any atom is -0.493 e. The maximum atomic E-state index is 13.3. The van der Waals surface area contributed by atoms with Crippen LogP contribution in [0.5, 0.6) is 5.75 Å². The van der Waals surface area contributed by atoms with Crippen molar-refractivity contribution in [1.82, 2.24) is 9.55 Å². The van der Waals surface area contributed by atoms with E-state index in [9.17, 15) is 4.79 Å². The average Bonchev–Trinajstić information content (AvgIpc) is 2.86. The van der Waals surface area contributed by atoms with Crippen LogP contribution in [0.2, 0.25) is 0 Å². The Morgan fingerprint density at radius 3 is 2.46 bits per heavy atom. The highest BCUT2D eigenvalue weighted by Crippen LogP contribution is 2.25. The molecule has 0 aliphatic carbocycles. The second-order valence-electron chi connectivity index (χ2n) is 9.36. The van der Waals surface area contributed by atoms with Gasteiger partial charge in [0.25, 0.3) is 5.56 Å². The van der Waals surface area contributed by atoms with E-state index in [1.165, 1.54) is 11.1 Å². The van der Waals surface area contributed by atoms with Gasteiger partial charge in [0.2, 0.25) is 0 Å². The van der Waals surface area contributed by atoms with Gasteiger partial charge >= 0.3 is 0 Å². The molecule has 0 radical (unpaired) electrons. The van der Waals surface area contributed by atoms with Gasteiger partial charge in [0.1, 0.15) is 11.6 Å². The zero-order valence-electron chi connectivity index (χ0n) is 20.8. The molecule has 182 valence electrons. The van der Waals surface area contributed by atoms with Crippen molar-refractivity contribution < 1.29 is 4.74 Å². The smallest absolute Gasteiger partial charge is 0.261 e. The summed E-state index contributed by atoms with van der Waals surface area (Å²) in [5.74, 6) is 2.21. The molecule has 0 aliphatic heterocycles. The summed E-state index contributed by atoms with van der Waals surface area (Å²) < 4.78 is 8.92. The topological polar surface area (TPSA) is 44.1 Å². The fourth-order valence-electron chi connectivity index (χ4n) is 4.23. The molecule has 5 heteroatoms. The van der Waals surface area contributed by atoms with Gasteiger partial charge in [0, 0.05) is 16.6 Å². The Hall–Kier alpha value is -2.92. The molecule has 1 heterocycles. The highest BCUT2D eigenvalue weighted by atomic mass is 79.9. The van der Waals surface area contributed by atoms with Crippen LogP contribution in [0.4, 0.5) is 0 Å². The largest absolute Gasteiger partial charge is 0.493 e. The van der Waals surface area contributed by atoms with E-state index in [2.05, 4.69) is 54.9 Å². The van der Waals surface area contributed by atoms with Crippen LogP contribution in [0.15, 0.2) is 76.0 Å². The predicted octanol–water partition coefficient (Wildman–Crippen LogP) is 7.90. The summed E-state index contributed by atoms with van der Waals surface area (Å²) in [5, 5.41) is 0.667. The van der Waals surface area contributed by atoms with E-state index < -0.39 is 0 Å². The number of fused-ring (bicyclic) bond motifs is 1. The van der Waals surface area contributed by atoms with Gasteiger partial charge in [0.05, 0.1) is 17.5 Å². The van der Waals surface area contributed by atoms with Crippen molar-refractivity contribution in [2.45, 2.75) is 58.9 Å². The van der Waals surface area contributed by atoms with Crippen molar-refractivity contribution in [1.29, 1.82) is 0 Å². The minimum absolute atomic E-state index is 0.0253. The summed E-state index contributed by atoms with van der Waals surface area (Å²) >= 11 is 3.49. The Balaban J connectivity index is 1.37. The average molecular weight is 534 g/mol. The summed E-state index contributed by atoms with van der Waals surface area (Å²) in [4.78, 5) is 18.2. The molecule has 0 amide bonds. The summed E-state index contributed by atoms with van der Waals surface area (Å²) in [6, 6.07) is 22.1. The SMILES string of the molecule is Cc1ccc(C(C)C)cc1OCCCCCCn1c(-c2ccc(Br)cc2)nc2ccccc2c1=O. The van der Waals surface area contributed by atoms with Crippen molar-refractivity contribution in [2.75, 3.05) is 6.61 Å². The van der Waals surface area contributed by atoms with E-state index >= 15 is 0 Å². The van der Waals surface area contributed by atoms with Crippen LogP contribution in [0.3, 0.4) is 0 Å². The van der Waals surface area contributed by atoms with Crippen molar-refractivity contribution in [3.63, 3.8) is 0 Å². The first-order chi connectivity index (χ1) is 16.9. The molecule has 35 heavy (non-hydrogen) atoms. The van der Waals surface area contributed by atoms with Gasteiger partial charge in [-0.3, -0.25) is 9.36 Å². The van der Waals surface area contributed by atoms with Crippen LogP contribution in [-0.2, 0) is 6.54 Å². The first-order valence-corrected chi connectivity index (χ1v) is 13.2. The number of ether oxygens (including phenoxy) is 1. The van der Waals surface area contributed by atoms with Crippen molar-refractivity contribution in [3.05, 3.63) is 92.7 Å². The molecule has 0 saturated heterocycles. The molecule has 4 aromatic rings. The molecule has 0 atom stereocenters. The van der Waals surface area contributed by atoms with Crippen LogP contribution in [0, 0.1) is 6.92 Å². The molecule has 1 aromatic heterocycles. The van der Waals surface area contributed by atoms with Gasteiger partial charge in [0.15, 0.2) is 0 Å².